The van der Waals surface area contributed by atoms with Crippen molar-refractivity contribution in [2.75, 3.05) is 12.9 Å². The first-order chi connectivity index (χ1) is 16.5. The zero-order valence-electron chi connectivity index (χ0n) is 20.0. The van der Waals surface area contributed by atoms with Crippen LogP contribution in [-0.2, 0) is 4.79 Å². The third-order valence-corrected chi connectivity index (χ3v) is 7.03. The zero-order valence-corrected chi connectivity index (χ0v) is 20.8. The van der Waals surface area contributed by atoms with Crippen LogP contribution in [0, 0.1) is 6.92 Å². The lowest BCUT2D eigenvalue weighted by atomic mass is 9.95. The number of ether oxygens (including phenoxy) is 1. The molecule has 1 fully saturated rings. The molecule has 4 rings (SSSR count). The van der Waals surface area contributed by atoms with Crippen molar-refractivity contribution in [1.29, 1.82) is 0 Å². The number of amides is 1. The number of rotatable bonds is 8. The number of nitrogens with one attached hydrogen (secondary N) is 1. The fourth-order valence-electron chi connectivity index (χ4n) is 4.16. The second kappa shape index (κ2) is 11.3. The number of thioether (sulfide) groups is 1. The van der Waals surface area contributed by atoms with Gasteiger partial charge in [-0.05, 0) is 38.8 Å². The zero-order chi connectivity index (χ0) is 23.9. The van der Waals surface area contributed by atoms with Gasteiger partial charge in [0.05, 0.1) is 18.6 Å². The molecule has 0 saturated heterocycles. The summed E-state index contributed by atoms with van der Waals surface area (Å²) in [4.78, 5) is 12.6. The van der Waals surface area contributed by atoms with E-state index in [4.69, 9.17) is 4.74 Å². The second-order valence-corrected chi connectivity index (χ2v) is 9.53. The fourth-order valence-corrected chi connectivity index (χ4v) is 4.96. The van der Waals surface area contributed by atoms with Crippen LogP contribution in [-0.4, -0.2) is 39.2 Å². The Morgan fingerprint density at radius 3 is 2.65 bits per heavy atom. The highest BCUT2D eigenvalue weighted by atomic mass is 32.2. The first-order valence-electron chi connectivity index (χ1n) is 11.7. The Morgan fingerprint density at radius 1 is 1.15 bits per heavy atom. The third kappa shape index (κ3) is 5.86. The molecule has 178 valence electrons. The van der Waals surface area contributed by atoms with E-state index in [0.29, 0.717) is 11.8 Å². The second-order valence-electron chi connectivity index (χ2n) is 8.59. The Hall–Kier alpha value is -3.13. The Balaban J connectivity index is 1.46. The minimum Gasteiger partial charge on any atom is -0.497 e. The number of aryl methyl sites for hydroxylation is 1. The number of methoxy groups -OCH3 is 1. The van der Waals surface area contributed by atoms with Crippen LogP contribution in [0.1, 0.15) is 56.2 Å². The molecule has 0 unspecified atom stereocenters. The first kappa shape index (κ1) is 24.0. The van der Waals surface area contributed by atoms with E-state index in [0.717, 1.165) is 40.7 Å². The minimum absolute atomic E-state index is 0.178. The Morgan fingerprint density at radius 2 is 1.91 bits per heavy atom. The van der Waals surface area contributed by atoms with Gasteiger partial charge in [0, 0.05) is 17.2 Å². The summed E-state index contributed by atoms with van der Waals surface area (Å²) < 4.78 is 7.50. The molecule has 2 aromatic carbocycles. The van der Waals surface area contributed by atoms with Gasteiger partial charge >= 0.3 is 0 Å². The third-order valence-electron chi connectivity index (χ3n) is 6.08. The van der Waals surface area contributed by atoms with Crippen molar-refractivity contribution in [3.05, 3.63) is 59.7 Å². The molecule has 0 bridgehead atoms. The van der Waals surface area contributed by atoms with E-state index < -0.39 is 0 Å². The molecule has 1 N–H and O–H groups in total. The maximum absolute atomic E-state index is 12.6. The highest BCUT2D eigenvalue weighted by molar-refractivity contribution is 7.99. The topological polar surface area (TPSA) is 81.4 Å². The predicted molar refractivity (Wildman–Crippen MR) is 136 cm³/mol. The van der Waals surface area contributed by atoms with Gasteiger partial charge in [-0.3, -0.25) is 9.36 Å². The fraction of sp³-hybridized carbons (Fsp3) is 0.385. The van der Waals surface area contributed by atoms with Gasteiger partial charge in [0.25, 0.3) is 5.91 Å². The van der Waals surface area contributed by atoms with Crippen molar-refractivity contribution >= 4 is 23.4 Å². The number of carbonyl (C=O) groups is 1. The van der Waals surface area contributed by atoms with E-state index in [1.165, 1.54) is 36.6 Å². The summed E-state index contributed by atoms with van der Waals surface area (Å²) in [6, 6.07) is 16.3. The summed E-state index contributed by atoms with van der Waals surface area (Å²) >= 11 is 1.41. The van der Waals surface area contributed by atoms with E-state index in [1.807, 2.05) is 31.2 Å². The van der Waals surface area contributed by atoms with Crippen LogP contribution < -0.4 is 10.2 Å². The molecule has 0 aliphatic heterocycles. The minimum atomic E-state index is -0.178. The normalized spacial score (nSPS) is 14.7. The van der Waals surface area contributed by atoms with Gasteiger partial charge in [-0.2, -0.15) is 5.10 Å². The van der Waals surface area contributed by atoms with Crippen molar-refractivity contribution in [2.45, 2.75) is 57.1 Å². The molecule has 1 heterocycles. The summed E-state index contributed by atoms with van der Waals surface area (Å²) in [5.74, 6) is 1.66. The molecule has 8 heteroatoms. The number of hydrogen-bond donors (Lipinski definition) is 1. The maximum atomic E-state index is 12.6. The molecule has 1 saturated carbocycles. The van der Waals surface area contributed by atoms with E-state index >= 15 is 0 Å². The molecule has 1 aliphatic rings. The summed E-state index contributed by atoms with van der Waals surface area (Å²) in [5, 5.41) is 14.0. The van der Waals surface area contributed by atoms with Gasteiger partial charge in [0.2, 0.25) is 0 Å². The Labute approximate surface area is 205 Å². The molecule has 1 aliphatic carbocycles. The van der Waals surface area contributed by atoms with Gasteiger partial charge < -0.3 is 4.74 Å². The summed E-state index contributed by atoms with van der Waals surface area (Å²) in [7, 11) is 1.63. The van der Waals surface area contributed by atoms with Crippen LogP contribution >= 0.6 is 11.8 Å². The molecule has 0 spiro atoms. The molecule has 1 amide bonds. The van der Waals surface area contributed by atoms with Crippen molar-refractivity contribution in [3.63, 3.8) is 0 Å². The van der Waals surface area contributed by atoms with Crippen LogP contribution in [0.25, 0.3) is 11.4 Å². The molecule has 7 nitrogen and oxygen atoms in total. The van der Waals surface area contributed by atoms with Gasteiger partial charge in [-0.25, -0.2) is 5.43 Å². The largest absolute Gasteiger partial charge is 0.497 e. The quantitative estimate of drug-likeness (QED) is 0.267. The van der Waals surface area contributed by atoms with Crippen molar-refractivity contribution in [2.24, 2.45) is 5.10 Å². The van der Waals surface area contributed by atoms with Gasteiger partial charge in [0.1, 0.15) is 5.75 Å². The highest BCUT2D eigenvalue weighted by Gasteiger charge is 2.24. The molecule has 34 heavy (non-hydrogen) atoms. The number of carbonyl (C=O) groups excluding carboxylic acids is 1. The number of nitrogens with zero attached hydrogens (tertiary/aromatic N) is 4. The molecule has 0 radical (unpaired) electrons. The van der Waals surface area contributed by atoms with E-state index in [9.17, 15) is 4.79 Å². The summed E-state index contributed by atoms with van der Waals surface area (Å²) in [5.41, 5.74) is 6.54. The van der Waals surface area contributed by atoms with Crippen LogP contribution in [0.4, 0.5) is 0 Å². The smallest absolute Gasteiger partial charge is 0.250 e. The predicted octanol–water partition coefficient (Wildman–Crippen LogP) is 5.40. The van der Waals surface area contributed by atoms with E-state index in [1.54, 1.807) is 7.11 Å². The molecular weight excluding hydrogens is 446 g/mol. The van der Waals surface area contributed by atoms with Gasteiger partial charge in [-0.1, -0.05) is 73.0 Å². The standard InChI is InChI=1S/C26H31N5O2S/c1-18-12-14-20(15-13-18)25-29-30-26(31(25)22-9-5-4-6-10-22)34-17-24(32)28-27-19(2)21-8-7-11-23(16-21)33-3/h7-8,11-16,22H,4-6,9-10,17H2,1-3H3,(H,28,32)/b27-19+. The SMILES string of the molecule is COc1cccc(/C(C)=N/NC(=O)CSc2nnc(-c3ccc(C)cc3)n2C2CCCCC2)c1. The lowest BCUT2D eigenvalue weighted by molar-refractivity contribution is -0.118. The summed E-state index contributed by atoms with van der Waals surface area (Å²) in [6.45, 7) is 3.93. The summed E-state index contributed by atoms with van der Waals surface area (Å²) in [6.07, 6.45) is 5.91. The molecule has 3 aromatic rings. The molecular formula is C26H31N5O2S. The highest BCUT2D eigenvalue weighted by Crippen LogP contribution is 2.35. The number of aromatic nitrogens is 3. The molecule has 0 atom stereocenters. The average molecular weight is 478 g/mol. The monoisotopic (exact) mass is 477 g/mol. The van der Waals surface area contributed by atoms with Crippen molar-refractivity contribution in [1.82, 2.24) is 20.2 Å². The number of benzene rings is 2. The molecule has 1 aromatic heterocycles. The number of hydrazone groups is 1. The van der Waals surface area contributed by atoms with Gasteiger partial charge in [0.15, 0.2) is 11.0 Å². The Kier molecular flexibility index (Phi) is 8.00. The van der Waals surface area contributed by atoms with E-state index in [2.05, 4.69) is 56.5 Å². The average Bonchev–Trinajstić information content (AvgIpc) is 3.31. The van der Waals surface area contributed by atoms with Crippen LogP contribution in [0.5, 0.6) is 5.75 Å². The Bertz CT molecular complexity index is 1150. The van der Waals surface area contributed by atoms with Crippen LogP contribution in [0.2, 0.25) is 0 Å². The first-order valence-corrected chi connectivity index (χ1v) is 12.7. The number of hydrogen-bond acceptors (Lipinski definition) is 6. The van der Waals surface area contributed by atoms with Crippen molar-refractivity contribution < 1.29 is 9.53 Å². The lowest BCUT2D eigenvalue weighted by Gasteiger charge is -2.25. The lowest BCUT2D eigenvalue weighted by Crippen LogP contribution is -2.22. The van der Waals surface area contributed by atoms with Gasteiger partial charge in [-0.15, -0.1) is 10.2 Å². The van der Waals surface area contributed by atoms with E-state index in [-0.39, 0.29) is 11.7 Å². The van der Waals surface area contributed by atoms with Crippen molar-refractivity contribution in [3.8, 4) is 17.1 Å². The van der Waals surface area contributed by atoms with Crippen LogP contribution in [0.3, 0.4) is 0 Å². The maximum Gasteiger partial charge on any atom is 0.250 e. The van der Waals surface area contributed by atoms with Crippen LogP contribution in [0.15, 0.2) is 58.8 Å².